The van der Waals surface area contributed by atoms with Crippen molar-refractivity contribution in [1.82, 2.24) is 0 Å². The molecule has 0 atom stereocenters. The van der Waals surface area contributed by atoms with Crippen LogP contribution in [0, 0.1) is 0 Å². The summed E-state index contributed by atoms with van der Waals surface area (Å²) in [4.78, 5) is 1.97. The van der Waals surface area contributed by atoms with Gasteiger partial charge in [0.1, 0.15) is 11.9 Å². The maximum Gasteiger partial charge on any atom is 0.461 e. The minimum atomic E-state index is 0.801. The van der Waals surface area contributed by atoms with Crippen molar-refractivity contribution in [2.24, 2.45) is 0 Å². The molecule has 0 fully saturated rings. The third-order valence-electron chi connectivity index (χ3n) is 3.13. The molecular formula is C17H17N2O+. The second kappa shape index (κ2) is 5.21. The van der Waals surface area contributed by atoms with E-state index in [0.717, 1.165) is 23.0 Å². The molecule has 0 aliphatic heterocycles. The Morgan fingerprint density at radius 2 is 1.45 bits per heavy atom. The van der Waals surface area contributed by atoms with Gasteiger partial charge in [-0.15, -0.1) is 0 Å². The summed E-state index contributed by atoms with van der Waals surface area (Å²) >= 11 is 0. The van der Waals surface area contributed by atoms with Crippen molar-refractivity contribution in [3.63, 3.8) is 0 Å². The van der Waals surface area contributed by atoms with E-state index in [9.17, 15) is 0 Å². The second-order valence-electron chi connectivity index (χ2n) is 4.84. The molecule has 3 aromatic rings. The molecule has 1 heterocycles. The average molecular weight is 265 g/mol. The van der Waals surface area contributed by atoms with Crippen LogP contribution in [0.5, 0.6) is 0 Å². The van der Waals surface area contributed by atoms with E-state index in [4.69, 9.17) is 4.42 Å². The Balaban J connectivity index is 2.13. The van der Waals surface area contributed by atoms with Gasteiger partial charge in [0.25, 0.3) is 0 Å². The summed E-state index contributed by atoms with van der Waals surface area (Å²) in [5.41, 5.74) is 2.16. The van der Waals surface area contributed by atoms with Gasteiger partial charge in [-0.1, -0.05) is 48.5 Å². The van der Waals surface area contributed by atoms with Crippen molar-refractivity contribution in [3.05, 3.63) is 66.9 Å². The lowest BCUT2D eigenvalue weighted by atomic mass is 10.2. The third-order valence-corrected chi connectivity index (χ3v) is 3.13. The third kappa shape index (κ3) is 2.30. The highest BCUT2D eigenvalue weighted by atomic mass is 16.4. The normalized spacial score (nSPS) is 10.5. The summed E-state index contributed by atoms with van der Waals surface area (Å²) in [7, 11) is 3.96. The topological polar surface area (TPSA) is 20.3 Å². The number of nitrogens with zero attached hydrogens (tertiary/aromatic N) is 2. The highest BCUT2D eigenvalue weighted by molar-refractivity contribution is 5.56. The van der Waals surface area contributed by atoms with Gasteiger partial charge in [-0.3, -0.25) is 0 Å². The zero-order valence-corrected chi connectivity index (χ0v) is 11.7. The smallest absolute Gasteiger partial charge is 0.387 e. The minimum Gasteiger partial charge on any atom is -0.387 e. The van der Waals surface area contributed by atoms with Crippen molar-refractivity contribution in [3.8, 4) is 17.0 Å². The highest BCUT2D eigenvalue weighted by Gasteiger charge is 2.22. The molecule has 3 heteroatoms. The Morgan fingerprint density at radius 1 is 0.850 bits per heavy atom. The number of hydrogen-bond acceptors (Lipinski definition) is 2. The van der Waals surface area contributed by atoms with Gasteiger partial charge in [0, 0.05) is 5.56 Å². The predicted molar refractivity (Wildman–Crippen MR) is 80.0 cm³/mol. The summed E-state index contributed by atoms with van der Waals surface area (Å²) in [5, 5.41) is 0. The van der Waals surface area contributed by atoms with Crippen molar-refractivity contribution in [2.75, 3.05) is 19.0 Å². The highest BCUT2D eigenvalue weighted by Crippen LogP contribution is 2.23. The molecule has 0 amide bonds. The molecule has 3 nitrogen and oxygen atoms in total. The summed E-state index contributed by atoms with van der Waals surface area (Å²) in [5.74, 6) is 0.859. The lowest BCUT2D eigenvalue weighted by Gasteiger charge is -2.02. The number of benzene rings is 2. The Labute approximate surface area is 118 Å². The second-order valence-corrected chi connectivity index (χ2v) is 4.84. The van der Waals surface area contributed by atoms with Gasteiger partial charge < -0.3 is 4.42 Å². The van der Waals surface area contributed by atoms with Gasteiger partial charge >= 0.3 is 6.01 Å². The van der Waals surface area contributed by atoms with Gasteiger partial charge in [-0.25, -0.2) is 4.90 Å². The maximum absolute atomic E-state index is 6.01. The molecule has 2 aromatic carbocycles. The molecule has 3 rings (SSSR count). The van der Waals surface area contributed by atoms with E-state index in [1.54, 1.807) is 0 Å². The van der Waals surface area contributed by atoms with Crippen LogP contribution in [0.1, 0.15) is 0 Å². The van der Waals surface area contributed by atoms with Crippen molar-refractivity contribution >= 4 is 6.01 Å². The molecule has 0 unspecified atom stereocenters. The van der Waals surface area contributed by atoms with E-state index in [1.165, 1.54) is 0 Å². The molecule has 0 saturated heterocycles. The first-order chi connectivity index (χ1) is 9.75. The van der Waals surface area contributed by atoms with E-state index in [0.29, 0.717) is 0 Å². The van der Waals surface area contributed by atoms with Crippen LogP contribution in [0.2, 0.25) is 0 Å². The van der Waals surface area contributed by atoms with Crippen LogP contribution in [-0.4, -0.2) is 14.1 Å². The molecule has 1 aromatic heterocycles. The van der Waals surface area contributed by atoms with E-state index < -0.39 is 0 Å². The molecule has 100 valence electrons. The number of hydrogen-bond donors (Lipinski definition) is 0. The van der Waals surface area contributed by atoms with E-state index >= 15 is 0 Å². The fourth-order valence-corrected chi connectivity index (χ4v) is 2.16. The van der Waals surface area contributed by atoms with Gasteiger partial charge in [0.2, 0.25) is 0 Å². The quantitative estimate of drug-likeness (QED) is 0.677. The van der Waals surface area contributed by atoms with Crippen LogP contribution in [-0.2, 0) is 0 Å². The number of oxazole rings is 1. The predicted octanol–water partition coefficient (Wildman–Crippen LogP) is 3.29. The molecule has 0 radical (unpaired) electrons. The van der Waals surface area contributed by atoms with Crippen molar-refractivity contribution in [2.45, 2.75) is 0 Å². The fourth-order valence-electron chi connectivity index (χ4n) is 2.16. The molecule has 0 aliphatic carbocycles. The zero-order valence-electron chi connectivity index (χ0n) is 11.7. The van der Waals surface area contributed by atoms with Crippen LogP contribution in [0.4, 0.5) is 6.01 Å². The van der Waals surface area contributed by atoms with Crippen molar-refractivity contribution < 1.29 is 8.98 Å². The maximum atomic E-state index is 6.01. The van der Waals surface area contributed by atoms with Gasteiger partial charge in [-0.2, -0.15) is 4.57 Å². The average Bonchev–Trinajstić information content (AvgIpc) is 2.94. The van der Waals surface area contributed by atoms with E-state index in [-0.39, 0.29) is 0 Å². The van der Waals surface area contributed by atoms with Crippen LogP contribution < -0.4 is 9.47 Å². The van der Waals surface area contributed by atoms with Crippen LogP contribution in [0.3, 0.4) is 0 Å². The minimum absolute atomic E-state index is 0.801. The van der Waals surface area contributed by atoms with Crippen LogP contribution in [0.15, 0.2) is 71.3 Å². The Morgan fingerprint density at radius 3 is 2.05 bits per heavy atom. The number of anilines is 1. The lowest BCUT2D eigenvalue weighted by molar-refractivity contribution is -0.584. The fraction of sp³-hybridized carbons (Fsp3) is 0.118. The molecule has 0 spiro atoms. The standard InChI is InChI=1S/C17H17N2O/c1-18(2)17-19(15-11-7-4-8-12-15)13-16(20-17)14-9-5-3-6-10-14/h3-13H,1-2H3/q+1. The first-order valence-corrected chi connectivity index (χ1v) is 6.59. The molecule has 20 heavy (non-hydrogen) atoms. The van der Waals surface area contributed by atoms with E-state index in [1.807, 2.05) is 73.7 Å². The molecule has 0 aliphatic rings. The van der Waals surface area contributed by atoms with Gasteiger partial charge in [0.05, 0.1) is 14.1 Å². The zero-order chi connectivity index (χ0) is 13.9. The summed E-state index contributed by atoms with van der Waals surface area (Å²) in [6, 6.07) is 21.1. The molecule has 0 N–H and O–H groups in total. The summed E-state index contributed by atoms with van der Waals surface area (Å²) < 4.78 is 8.06. The first kappa shape index (κ1) is 12.5. The summed E-state index contributed by atoms with van der Waals surface area (Å²) in [6.45, 7) is 0. The SMILES string of the molecule is CN(C)c1oc(-c2ccccc2)c[n+]1-c1ccccc1. The summed E-state index contributed by atoms with van der Waals surface area (Å²) in [6.07, 6.45) is 2.03. The van der Waals surface area contributed by atoms with Crippen molar-refractivity contribution in [1.29, 1.82) is 0 Å². The molecule has 0 bridgehead atoms. The number of rotatable bonds is 3. The van der Waals surface area contributed by atoms with Gasteiger partial charge in [-0.05, 0) is 12.1 Å². The Kier molecular flexibility index (Phi) is 3.25. The number of para-hydroxylation sites is 1. The lowest BCUT2D eigenvalue weighted by Crippen LogP contribution is -2.34. The molecular weight excluding hydrogens is 248 g/mol. The Bertz CT molecular complexity index is 688. The number of aromatic nitrogens is 1. The largest absolute Gasteiger partial charge is 0.461 e. The van der Waals surface area contributed by atoms with Crippen LogP contribution in [0.25, 0.3) is 17.0 Å². The van der Waals surface area contributed by atoms with Gasteiger partial charge in [0.15, 0.2) is 5.76 Å². The monoisotopic (exact) mass is 265 g/mol. The Hall–Kier alpha value is -2.55. The van der Waals surface area contributed by atoms with E-state index in [2.05, 4.69) is 16.7 Å². The molecule has 0 saturated carbocycles. The van der Waals surface area contributed by atoms with Crippen LogP contribution >= 0.6 is 0 Å². The first-order valence-electron chi connectivity index (χ1n) is 6.59.